The van der Waals surface area contributed by atoms with Gasteiger partial charge in [0.05, 0.1) is 16.8 Å². The third-order valence-corrected chi connectivity index (χ3v) is 5.15. The van der Waals surface area contributed by atoms with E-state index >= 15 is 0 Å². The third-order valence-electron chi connectivity index (χ3n) is 4.73. The van der Waals surface area contributed by atoms with Crippen molar-refractivity contribution in [3.63, 3.8) is 0 Å². The molecule has 4 nitrogen and oxygen atoms in total. The van der Waals surface area contributed by atoms with E-state index in [0.29, 0.717) is 10.7 Å². The van der Waals surface area contributed by atoms with Gasteiger partial charge in [-0.3, -0.25) is 14.4 Å². The molecule has 0 saturated heterocycles. The highest BCUT2D eigenvalue weighted by Gasteiger charge is 2.41. The molecule has 0 radical (unpaired) electrons. The van der Waals surface area contributed by atoms with E-state index in [4.69, 9.17) is 23.2 Å². The molecule has 0 aromatic heterocycles. The number of hydrogen-bond donors (Lipinski definition) is 0. The van der Waals surface area contributed by atoms with E-state index in [-0.39, 0.29) is 28.5 Å². The van der Waals surface area contributed by atoms with Crippen LogP contribution in [0.3, 0.4) is 0 Å². The summed E-state index contributed by atoms with van der Waals surface area (Å²) in [5.74, 6) is -0.920. The number of carbonyl (C=O) groups excluding carboxylic acids is 3. The van der Waals surface area contributed by atoms with Crippen LogP contribution in [0.4, 0.5) is 5.69 Å². The molecule has 0 fully saturated rings. The Labute approximate surface area is 168 Å². The van der Waals surface area contributed by atoms with Crippen LogP contribution < -0.4 is 4.90 Å². The van der Waals surface area contributed by atoms with Crippen LogP contribution in [0, 0.1) is 0 Å². The van der Waals surface area contributed by atoms with Crippen LogP contribution in [-0.2, 0) is 0 Å². The Bertz CT molecular complexity index is 950. The maximum Gasteiger partial charge on any atom is 0.266 e. The lowest BCUT2D eigenvalue weighted by Gasteiger charge is -2.26. The largest absolute Gasteiger partial charge is 0.276 e. The second kappa shape index (κ2) is 7.10. The third kappa shape index (κ3) is 3.17. The zero-order valence-electron chi connectivity index (χ0n) is 15.5. The highest BCUT2D eigenvalue weighted by atomic mass is 35.5. The zero-order chi connectivity index (χ0) is 20.0. The molecule has 0 aliphatic carbocycles. The van der Waals surface area contributed by atoms with Crippen LogP contribution in [0.1, 0.15) is 81.7 Å². The lowest BCUT2D eigenvalue weighted by molar-refractivity contribution is 0.0922. The minimum absolute atomic E-state index is 0.0367. The monoisotopic (exact) mass is 403 g/mol. The molecule has 1 heterocycles. The fourth-order valence-electron chi connectivity index (χ4n) is 3.43. The van der Waals surface area contributed by atoms with E-state index in [1.165, 1.54) is 6.07 Å². The second-order valence-electron chi connectivity index (χ2n) is 7.19. The van der Waals surface area contributed by atoms with Crippen LogP contribution >= 0.6 is 23.2 Å². The summed E-state index contributed by atoms with van der Waals surface area (Å²) in [5.41, 5.74) is 2.44. The maximum atomic E-state index is 13.2. The van der Waals surface area contributed by atoms with Gasteiger partial charge in [0, 0.05) is 10.6 Å². The molecule has 2 aromatic rings. The van der Waals surface area contributed by atoms with E-state index in [1.54, 1.807) is 24.3 Å². The van der Waals surface area contributed by atoms with E-state index in [2.05, 4.69) is 0 Å². The molecule has 0 atom stereocenters. The molecular weight excluding hydrogens is 385 g/mol. The van der Waals surface area contributed by atoms with Crippen molar-refractivity contribution in [2.45, 2.75) is 39.5 Å². The molecule has 1 aliphatic rings. The molecular formula is C21H19Cl2NO3. The topological polar surface area (TPSA) is 54.5 Å². The molecule has 0 N–H and O–H groups in total. The molecule has 140 valence electrons. The number of halogens is 2. The minimum Gasteiger partial charge on any atom is -0.276 e. The number of fused-ring (bicyclic) bond motifs is 1. The standard InChI is InChI=1S/C21H19Cl2NO3/c1-10(2)15-8-12(22)9-16(11(3)4)18(15)24-20(26)14-7-5-6-13(19(23)25)17(14)21(24)27/h5-11H,1-4H3. The highest BCUT2D eigenvalue weighted by Crippen LogP contribution is 2.41. The number of carbonyl (C=O) groups is 3. The Morgan fingerprint density at radius 3 is 2.00 bits per heavy atom. The molecule has 0 spiro atoms. The van der Waals surface area contributed by atoms with Gasteiger partial charge in [-0.25, -0.2) is 4.90 Å². The van der Waals surface area contributed by atoms with E-state index < -0.39 is 17.1 Å². The van der Waals surface area contributed by atoms with Crippen LogP contribution in [-0.4, -0.2) is 17.1 Å². The smallest absolute Gasteiger partial charge is 0.266 e. The van der Waals surface area contributed by atoms with Gasteiger partial charge in [-0.2, -0.15) is 0 Å². The Hall–Kier alpha value is -2.17. The highest BCUT2D eigenvalue weighted by molar-refractivity contribution is 6.68. The summed E-state index contributed by atoms with van der Waals surface area (Å²) in [5, 5.41) is -0.210. The van der Waals surface area contributed by atoms with Crippen molar-refractivity contribution in [1.82, 2.24) is 0 Å². The minimum atomic E-state index is -0.765. The van der Waals surface area contributed by atoms with Crippen LogP contribution in [0.25, 0.3) is 0 Å². The molecule has 6 heteroatoms. The van der Waals surface area contributed by atoms with Crippen molar-refractivity contribution in [2.75, 3.05) is 4.90 Å². The van der Waals surface area contributed by atoms with Crippen molar-refractivity contribution in [3.05, 3.63) is 63.2 Å². The number of benzene rings is 2. The number of rotatable bonds is 4. The van der Waals surface area contributed by atoms with E-state index in [9.17, 15) is 14.4 Å². The molecule has 0 saturated carbocycles. The Morgan fingerprint density at radius 1 is 0.963 bits per heavy atom. The van der Waals surface area contributed by atoms with Crippen LogP contribution in [0.2, 0.25) is 5.02 Å². The molecule has 0 bridgehead atoms. The molecule has 0 unspecified atom stereocenters. The second-order valence-corrected chi connectivity index (χ2v) is 7.97. The van der Waals surface area contributed by atoms with Gasteiger partial charge in [-0.05, 0) is 58.8 Å². The van der Waals surface area contributed by atoms with Gasteiger partial charge in [0.1, 0.15) is 0 Å². The van der Waals surface area contributed by atoms with Crippen molar-refractivity contribution in [3.8, 4) is 0 Å². The number of anilines is 1. The molecule has 3 rings (SSSR count). The summed E-state index contributed by atoms with van der Waals surface area (Å²) in [7, 11) is 0. The van der Waals surface area contributed by atoms with Crippen LogP contribution in [0.5, 0.6) is 0 Å². The predicted molar refractivity (Wildman–Crippen MR) is 107 cm³/mol. The molecule has 27 heavy (non-hydrogen) atoms. The van der Waals surface area contributed by atoms with Gasteiger partial charge in [0.25, 0.3) is 17.1 Å². The summed E-state index contributed by atoms with van der Waals surface area (Å²) in [6.45, 7) is 7.91. The van der Waals surface area contributed by atoms with Crippen molar-refractivity contribution in [1.29, 1.82) is 0 Å². The lowest BCUT2D eigenvalue weighted by atomic mass is 9.91. The van der Waals surface area contributed by atoms with Crippen LogP contribution in [0.15, 0.2) is 30.3 Å². The molecule has 2 amide bonds. The normalized spacial score (nSPS) is 13.7. The number of amides is 2. The maximum absolute atomic E-state index is 13.2. The van der Waals surface area contributed by atoms with Crippen molar-refractivity contribution < 1.29 is 14.4 Å². The van der Waals surface area contributed by atoms with Gasteiger partial charge in [0.15, 0.2) is 0 Å². The average molecular weight is 404 g/mol. The summed E-state index contributed by atoms with van der Waals surface area (Å²) in [6, 6.07) is 8.11. The van der Waals surface area contributed by atoms with Gasteiger partial charge in [-0.15, -0.1) is 0 Å². The quantitative estimate of drug-likeness (QED) is 0.481. The van der Waals surface area contributed by atoms with Gasteiger partial charge in [-0.1, -0.05) is 45.4 Å². The predicted octanol–water partition coefficient (Wildman–Crippen LogP) is 5.77. The first kappa shape index (κ1) is 19.6. The SMILES string of the molecule is CC(C)c1cc(Cl)cc(C(C)C)c1N1C(=O)c2cccc(C(=O)Cl)c2C1=O. The van der Waals surface area contributed by atoms with Gasteiger partial charge in [0.2, 0.25) is 0 Å². The zero-order valence-corrected chi connectivity index (χ0v) is 17.0. The van der Waals surface area contributed by atoms with Gasteiger partial charge >= 0.3 is 0 Å². The fraction of sp³-hybridized carbons (Fsp3) is 0.286. The first-order valence-corrected chi connectivity index (χ1v) is 9.45. The van der Waals surface area contributed by atoms with E-state index in [1.807, 2.05) is 27.7 Å². The van der Waals surface area contributed by atoms with Gasteiger partial charge < -0.3 is 0 Å². The molecule has 2 aromatic carbocycles. The summed E-state index contributed by atoms with van der Waals surface area (Å²) < 4.78 is 0. The molecule has 1 aliphatic heterocycles. The van der Waals surface area contributed by atoms with Crippen molar-refractivity contribution in [2.24, 2.45) is 0 Å². The Morgan fingerprint density at radius 2 is 1.52 bits per heavy atom. The Balaban J connectivity index is 2.30. The first-order valence-electron chi connectivity index (χ1n) is 8.70. The fourth-order valence-corrected chi connectivity index (χ4v) is 3.83. The first-order chi connectivity index (χ1) is 12.6. The number of hydrogen-bond acceptors (Lipinski definition) is 3. The number of nitrogens with zero attached hydrogens (tertiary/aromatic N) is 1. The van der Waals surface area contributed by atoms with Crippen molar-refractivity contribution >= 4 is 45.9 Å². The van der Waals surface area contributed by atoms with E-state index in [0.717, 1.165) is 16.0 Å². The average Bonchev–Trinajstić information content (AvgIpc) is 2.85. The summed E-state index contributed by atoms with van der Waals surface area (Å²) in [6.07, 6.45) is 0. The Kier molecular flexibility index (Phi) is 5.15. The lowest BCUT2D eigenvalue weighted by Crippen LogP contribution is -2.32. The summed E-state index contributed by atoms with van der Waals surface area (Å²) >= 11 is 11.9. The summed E-state index contributed by atoms with van der Waals surface area (Å²) in [4.78, 5) is 39.3. The number of imide groups is 1.